The van der Waals surface area contributed by atoms with E-state index in [1.807, 2.05) is 72.8 Å². The van der Waals surface area contributed by atoms with Crippen LogP contribution in [-0.2, 0) is 4.57 Å². The van der Waals surface area contributed by atoms with Crippen LogP contribution in [0.4, 0.5) is 0 Å². The first-order valence-electron chi connectivity index (χ1n) is 15.2. The van der Waals surface area contributed by atoms with Gasteiger partial charge in [0.05, 0.1) is 0 Å². The van der Waals surface area contributed by atoms with Crippen LogP contribution in [0.15, 0.2) is 168 Å². The molecule has 0 saturated carbocycles. The lowest BCUT2D eigenvalue weighted by molar-refractivity contribution is 0.592. The van der Waals surface area contributed by atoms with Crippen molar-refractivity contribution in [1.82, 2.24) is 0 Å². The average molecular weight is 595 g/mol. The van der Waals surface area contributed by atoms with Crippen LogP contribution in [0.3, 0.4) is 0 Å². The molecule has 9 rings (SSSR count). The van der Waals surface area contributed by atoms with Gasteiger partial charge in [0.1, 0.15) is 11.2 Å². The lowest BCUT2D eigenvalue weighted by atomic mass is 9.94. The van der Waals surface area contributed by atoms with Crippen LogP contribution in [0.2, 0.25) is 0 Å². The molecule has 0 saturated heterocycles. The van der Waals surface area contributed by atoms with Gasteiger partial charge in [-0.15, -0.1) is 0 Å². The van der Waals surface area contributed by atoms with Crippen LogP contribution >= 0.6 is 7.14 Å². The van der Waals surface area contributed by atoms with Crippen LogP contribution in [0.25, 0.3) is 65.4 Å². The molecule has 212 valence electrons. The van der Waals surface area contributed by atoms with Gasteiger partial charge in [-0.25, -0.2) is 0 Å². The van der Waals surface area contributed by atoms with Crippen LogP contribution in [0.1, 0.15) is 0 Å². The summed E-state index contributed by atoms with van der Waals surface area (Å²) < 4.78 is 22.0. The molecule has 1 heterocycles. The van der Waals surface area contributed by atoms with Gasteiger partial charge in [0.2, 0.25) is 0 Å². The zero-order valence-corrected chi connectivity index (χ0v) is 25.2. The Balaban J connectivity index is 1.31. The highest BCUT2D eigenvalue weighted by atomic mass is 31.2. The number of hydrogen-bond donors (Lipinski definition) is 0. The topological polar surface area (TPSA) is 30.2 Å². The van der Waals surface area contributed by atoms with E-state index in [2.05, 4.69) is 91.0 Å². The van der Waals surface area contributed by atoms with Crippen LogP contribution in [0.5, 0.6) is 0 Å². The predicted molar refractivity (Wildman–Crippen MR) is 191 cm³/mol. The highest BCUT2D eigenvalue weighted by Crippen LogP contribution is 2.46. The van der Waals surface area contributed by atoms with Crippen molar-refractivity contribution in [2.45, 2.75) is 0 Å². The number of fused-ring (bicyclic) bond motifs is 9. The molecule has 0 bridgehead atoms. The van der Waals surface area contributed by atoms with Crippen molar-refractivity contribution in [1.29, 1.82) is 0 Å². The maximum absolute atomic E-state index is 15.4. The van der Waals surface area contributed by atoms with Crippen molar-refractivity contribution >= 4 is 77.3 Å². The van der Waals surface area contributed by atoms with Gasteiger partial charge in [-0.05, 0) is 50.2 Å². The molecule has 0 spiro atoms. The van der Waals surface area contributed by atoms with Gasteiger partial charge < -0.3 is 8.98 Å². The largest absolute Gasteiger partial charge is 0.455 e. The molecule has 0 radical (unpaired) electrons. The highest BCUT2D eigenvalue weighted by Gasteiger charge is 2.31. The molecule has 0 unspecified atom stereocenters. The summed E-state index contributed by atoms with van der Waals surface area (Å²) in [6.07, 6.45) is 0. The van der Waals surface area contributed by atoms with Crippen molar-refractivity contribution in [3.05, 3.63) is 164 Å². The molecular weight excluding hydrogens is 567 g/mol. The summed E-state index contributed by atoms with van der Waals surface area (Å²) in [6.45, 7) is 0. The average Bonchev–Trinajstić information content (AvgIpc) is 3.51. The third kappa shape index (κ3) is 3.86. The molecule has 0 aliphatic rings. The van der Waals surface area contributed by atoms with Gasteiger partial charge in [0, 0.05) is 32.1 Å². The minimum Gasteiger partial charge on any atom is -0.455 e. The van der Waals surface area contributed by atoms with E-state index in [4.69, 9.17) is 4.42 Å². The molecule has 0 aliphatic carbocycles. The fourth-order valence-electron chi connectivity index (χ4n) is 7.10. The molecule has 0 N–H and O–H groups in total. The van der Waals surface area contributed by atoms with E-state index in [1.165, 1.54) is 16.2 Å². The van der Waals surface area contributed by atoms with Crippen LogP contribution in [0, 0.1) is 0 Å². The minimum absolute atomic E-state index is 0.833. The summed E-state index contributed by atoms with van der Waals surface area (Å²) >= 11 is 0. The standard InChI is InChI=1S/C42H27O2P/c43-45(29-13-3-1-4-14-29,30-15-5-2-6-16-30)40-24-12-22-32-31(21-11-23-35(32)40)28-25-26-39-38(27-28)41-36-19-9-7-17-33(36)34-18-8-10-20-37(34)42(41)44-39/h1-27H. The molecule has 9 aromatic rings. The fraction of sp³-hybridized carbons (Fsp3) is 0. The summed E-state index contributed by atoms with van der Waals surface area (Å²) in [5.41, 5.74) is 3.99. The summed E-state index contributed by atoms with van der Waals surface area (Å²) in [5, 5.41) is 11.6. The van der Waals surface area contributed by atoms with Gasteiger partial charge >= 0.3 is 0 Å². The predicted octanol–water partition coefficient (Wildman–Crippen LogP) is 10.4. The monoisotopic (exact) mass is 594 g/mol. The quantitative estimate of drug-likeness (QED) is 0.150. The first-order chi connectivity index (χ1) is 22.2. The third-order valence-electron chi connectivity index (χ3n) is 9.14. The third-order valence-corrected chi connectivity index (χ3v) is 12.3. The van der Waals surface area contributed by atoms with E-state index in [1.54, 1.807) is 0 Å². The van der Waals surface area contributed by atoms with Gasteiger partial charge in [0.25, 0.3) is 0 Å². The lowest BCUT2D eigenvalue weighted by Gasteiger charge is -2.22. The van der Waals surface area contributed by atoms with Crippen molar-refractivity contribution < 1.29 is 8.98 Å². The molecule has 3 heteroatoms. The Bertz CT molecular complexity index is 2570. The Morgan fingerprint density at radius 1 is 0.422 bits per heavy atom. The van der Waals surface area contributed by atoms with Crippen molar-refractivity contribution in [2.24, 2.45) is 0 Å². The van der Waals surface area contributed by atoms with Crippen molar-refractivity contribution in [3.8, 4) is 11.1 Å². The van der Waals surface area contributed by atoms with Gasteiger partial charge in [-0.2, -0.15) is 0 Å². The molecule has 0 amide bonds. The summed E-state index contributed by atoms with van der Waals surface area (Å²) in [6, 6.07) is 56.0. The maximum Gasteiger partial charge on any atom is 0.171 e. The molecule has 0 fully saturated rings. The smallest absolute Gasteiger partial charge is 0.171 e. The molecule has 45 heavy (non-hydrogen) atoms. The normalized spacial score (nSPS) is 12.1. The Morgan fingerprint density at radius 2 is 0.978 bits per heavy atom. The summed E-state index contributed by atoms with van der Waals surface area (Å²) in [5.74, 6) is 0. The molecule has 0 atom stereocenters. The minimum atomic E-state index is -3.16. The highest BCUT2D eigenvalue weighted by molar-refractivity contribution is 7.85. The summed E-state index contributed by atoms with van der Waals surface area (Å²) in [7, 11) is -3.16. The van der Waals surface area contributed by atoms with Gasteiger partial charge in [-0.1, -0.05) is 152 Å². The van der Waals surface area contributed by atoms with E-state index < -0.39 is 7.14 Å². The second-order valence-electron chi connectivity index (χ2n) is 11.6. The molecular formula is C42H27O2P. The zero-order chi connectivity index (χ0) is 30.0. The van der Waals surface area contributed by atoms with E-state index >= 15 is 4.57 Å². The van der Waals surface area contributed by atoms with Crippen LogP contribution < -0.4 is 15.9 Å². The van der Waals surface area contributed by atoms with E-state index in [0.29, 0.717) is 0 Å². The maximum atomic E-state index is 15.4. The number of rotatable bonds is 4. The Hall–Kier alpha value is -5.43. The first-order valence-corrected chi connectivity index (χ1v) is 16.9. The molecule has 8 aromatic carbocycles. The van der Waals surface area contributed by atoms with E-state index in [-0.39, 0.29) is 0 Å². The lowest BCUT2D eigenvalue weighted by Crippen LogP contribution is -2.25. The molecule has 2 nitrogen and oxygen atoms in total. The summed E-state index contributed by atoms with van der Waals surface area (Å²) in [4.78, 5) is 0. The van der Waals surface area contributed by atoms with E-state index in [0.717, 1.165) is 65.1 Å². The van der Waals surface area contributed by atoms with Gasteiger partial charge in [0.15, 0.2) is 7.14 Å². The second kappa shape index (κ2) is 10.1. The van der Waals surface area contributed by atoms with E-state index in [9.17, 15) is 0 Å². The number of furan rings is 1. The van der Waals surface area contributed by atoms with Gasteiger partial charge in [-0.3, -0.25) is 0 Å². The number of hydrogen-bond acceptors (Lipinski definition) is 2. The molecule has 1 aromatic heterocycles. The Morgan fingerprint density at radius 3 is 1.69 bits per heavy atom. The first kappa shape index (κ1) is 26.0. The fourth-order valence-corrected chi connectivity index (χ4v) is 9.97. The van der Waals surface area contributed by atoms with Crippen LogP contribution in [-0.4, -0.2) is 0 Å². The van der Waals surface area contributed by atoms with Crippen molar-refractivity contribution in [3.63, 3.8) is 0 Å². The number of benzene rings is 8. The Kier molecular flexibility index (Phi) is 5.81. The second-order valence-corrected chi connectivity index (χ2v) is 14.3. The SMILES string of the molecule is O=P(c1ccccc1)(c1ccccc1)c1cccc2c(-c3ccc4oc5c6ccccc6c6ccccc6c5c4c3)cccc12. The molecule has 0 aliphatic heterocycles. The van der Waals surface area contributed by atoms with Crippen molar-refractivity contribution in [2.75, 3.05) is 0 Å². The zero-order valence-electron chi connectivity index (χ0n) is 24.4. The Labute approximate surface area is 260 Å².